The molecule has 0 aromatic heterocycles. The summed E-state index contributed by atoms with van der Waals surface area (Å²) >= 11 is 0. The fourth-order valence-electron chi connectivity index (χ4n) is 5.59. The minimum atomic E-state index is -4.30. The Morgan fingerprint density at radius 3 is 1.73 bits per heavy atom. The van der Waals surface area contributed by atoms with Gasteiger partial charge in [0.2, 0.25) is 0 Å². The maximum absolute atomic E-state index is 12.2. The molecule has 8 heteroatoms. The quantitative estimate of drug-likeness (QED) is 0.0781. The molecule has 2 rings (SSSR count). The van der Waals surface area contributed by atoms with Crippen molar-refractivity contribution < 1.29 is 32.5 Å². The fraction of sp³-hybridized carbons (Fsp3) is 1.00. The average Bonchev–Trinajstić information content (AvgIpc) is 3.43. The largest absolute Gasteiger partial charge is 0.756 e. The monoisotopic (exact) mass is 547 g/mol. The molecular formula is C29H58NO6P. The van der Waals surface area contributed by atoms with Gasteiger partial charge in [-0.25, -0.2) is 0 Å². The van der Waals surface area contributed by atoms with Crippen molar-refractivity contribution in [2.45, 2.75) is 122 Å². The summed E-state index contributed by atoms with van der Waals surface area (Å²) < 4.78 is 35.3. The molecule has 37 heavy (non-hydrogen) atoms. The van der Waals surface area contributed by atoms with E-state index in [1.54, 1.807) is 0 Å². The number of phosphoric ester groups is 1. The van der Waals surface area contributed by atoms with Crippen LogP contribution < -0.4 is 4.89 Å². The summed E-state index contributed by atoms with van der Waals surface area (Å²) in [5.41, 5.74) is 0. The lowest BCUT2D eigenvalue weighted by atomic mass is 9.80. The van der Waals surface area contributed by atoms with Gasteiger partial charge in [-0.2, -0.15) is 0 Å². The number of nitrogens with zero attached hydrogens (tertiary/aromatic N) is 1. The molecule has 1 unspecified atom stereocenters. The zero-order chi connectivity index (χ0) is 27.0. The first-order valence-corrected chi connectivity index (χ1v) is 16.8. The van der Waals surface area contributed by atoms with E-state index in [2.05, 4.69) is 6.92 Å². The molecule has 2 saturated heterocycles. The summed E-state index contributed by atoms with van der Waals surface area (Å²) in [4.78, 5) is 12.2. The van der Waals surface area contributed by atoms with Crippen LogP contribution in [-0.4, -0.2) is 70.8 Å². The van der Waals surface area contributed by atoms with Gasteiger partial charge >= 0.3 is 0 Å². The molecule has 0 radical (unpaired) electrons. The van der Waals surface area contributed by atoms with Gasteiger partial charge in [0.25, 0.3) is 7.82 Å². The number of likely N-dealkylation sites (N-methyl/N-ethyl adjacent to an activating group) is 1. The van der Waals surface area contributed by atoms with Crippen molar-refractivity contribution in [3.05, 3.63) is 0 Å². The second-order valence-electron chi connectivity index (χ2n) is 12.4. The van der Waals surface area contributed by atoms with Crippen molar-refractivity contribution in [2.75, 3.05) is 54.1 Å². The van der Waals surface area contributed by atoms with E-state index >= 15 is 0 Å². The molecule has 0 spiro atoms. The van der Waals surface area contributed by atoms with Crippen LogP contribution in [0.1, 0.15) is 110 Å². The van der Waals surface area contributed by atoms with Crippen LogP contribution in [-0.2, 0) is 23.1 Å². The van der Waals surface area contributed by atoms with E-state index in [0.717, 1.165) is 25.9 Å². The normalized spacial score (nSPS) is 25.1. The first-order valence-electron chi connectivity index (χ1n) is 15.4. The van der Waals surface area contributed by atoms with Crippen molar-refractivity contribution in [1.82, 2.24) is 0 Å². The molecule has 0 aliphatic carbocycles. The summed E-state index contributed by atoms with van der Waals surface area (Å²) in [6, 6.07) is 0. The topological polar surface area (TPSA) is 77.1 Å². The minimum absolute atomic E-state index is 0.0550. The Balaban J connectivity index is 1.48. The first kappa shape index (κ1) is 33.2. The Morgan fingerprint density at radius 2 is 1.22 bits per heavy atom. The van der Waals surface area contributed by atoms with Gasteiger partial charge in [0.05, 0.1) is 46.6 Å². The molecule has 0 amide bonds. The first-order chi connectivity index (χ1) is 17.7. The maximum atomic E-state index is 12.2. The van der Waals surface area contributed by atoms with Crippen LogP contribution in [0, 0.1) is 11.8 Å². The van der Waals surface area contributed by atoms with Crippen LogP contribution in [0.3, 0.4) is 0 Å². The SMILES string of the molecule is CCCCCCCCCCCCCCCCOC[C@@H]1[C@H](COP(=O)([O-])OCC[N+](C)(C)C)[C@H]2CC[C@@H]1O2. The highest BCUT2D eigenvalue weighted by Crippen LogP contribution is 2.47. The molecule has 2 heterocycles. The van der Waals surface area contributed by atoms with Crippen molar-refractivity contribution in [2.24, 2.45) is 11.8 Å². The number of hydrogen-bond acceptors (Lipinski definition) is 6. The van der Waals surface area contributed by atoms with Crippen LogP contribution >= 0.6 is 7.82 Å². The van der Waals surface area contributed by atoms with Gasteiger partial charge in [0.15, 0.2) is 0 Å². The Morgan fingerprint density at radius 1 is 0.730 bits per heavy atom. The number of phosphoric acid groups is 1. The molecule has 7 nitrogen and oxygen atoms in total. The molecule has 2 aliphatic heterocycles. The summed E-state index contributed by atoms with van der Waals surface area (Å²) in [6.07, 6.45) is 21.2. The lowest BCUT2D eigenvalue weighted by Gasteiger charge is -2.31. The number of ether oxygens (including phenoxy) is 2. The van der Waals surface area contributed by atoms with Crippen molar-refractivity contribution in [3.63, 3.8) is 0 Å². The number of hydrogen-bond donors (Lipinski definition) is 0. The van der Waals surface area contributed by atoms with E-state index in [-0.39, 0.29) is 37.3 Å². The van der Waals surface area contributed by atoms with Gasteiger partial charge in [-0.1, -0.05) is 90.4 Å². The van der Waals surface area contributed by atoms with Gasteiger partial charge in [-0.3, -0.25) is 4.57 Å². The predicted molar refractivity (Wildman–Crippen MR) is 148 cm³/mol. The van der Waals surface area contributed by atoms with E-state index in [1.165, 1.54) is 83.5 Å². The average molecular weight is 548 g/mol. The van der Waals surface area contributed by atoms with E-state index in [9.17, 15) is 9.46 Å². The Kier molecular flexibility index (Phi) is 16.5. The smallest absolute Gasteiger partial charge is 0.268 e. The number of quaternary nitrogens is 1. The second-order valence-corrected chi connectivity index (χ2v) is 13.8. The fourth-order valence-corrected chi connectivity index (χ4v) is 6.33. The minimum Gasteiger partial charge on any atom is -0.756 e. The summed E-state index contributed by atoms with van der Waals surface area (Å²) in [7, 11) is 1.69. The van der Waals surface area contributed by atoms with Crippen LogP contribution in [0.2, 0.25) is 0 Å². The maximum Gasteiger partial charge on any atom is 0.268 e. The molecule has 0 saturated carbocycles. The van der Waals surface area contributed by atoms with Gasteiger partial charge in [-0.05, 0) is 19.3 Å². The third-order valence-corrected chi connectivity index (χ3v) is 8.94. The van der Waals surface area contributed by atoms with Crippen LogP contribution in [0.15, 0.2) is 0 Å². The third kappa shape index (κ3) is 14.8. The molecule has 0 aromatic rings. The second kappa shape index (κ2) is 18.4. The van der Waals surface area contributed by atoms with E-state index in [1.807, 2.05) is 21.1 Å². The highest BCUT2D eigenvalue weighted by Gasteiger charge is 2.49. The molecule has 220 valence electrons. The number of rotatable bonds is 24. The van der Waals surface area contributed by atoms with Crippen molar-refractivity contribution in [1.29, 1.82) is 0 Å². The Labute approximate surface area is 228 Å². The summed E-state index contributed by atoms with van der Waals surface area (Å²) in [5.74, 6) is 0.260. The Bertz CT molecular complexity index is 628. The van der Waals surface area contributed by atoms with Gasteiger partial charge in [-0.15, -0.1) is 0 Å². The number of fused-ring (bicyclic) bond motifs is 2. The lowest BCUT2D eigenvalue weighted by molar-refractivity contribution is -0.870. The predicted octanol–water partition coefficient (Wildman–Crippen LogP) is 6.49. The summed E-state index contributed by atoms with van der Waals surface area (Å²) in [5, 5.41) is 0. The van der Waals surface area contributed by atoms with E-state index in [0.29, 0.717) is 17.6 Å². The molecule has 0 aromatic carbocycles. The standard InChI is InChI=1S/C29H58NO6P/c1-5-6-7-8-9-10-11-12-13-14-15-16-17-18-22-33-24-26-27(29-20-19-28(26)36-29)25-35-37(31,32)34-23-21-30(2,3)4/h26-29H,5-25H2,1-4H3/t26-,27+,28+,29-/m1/s1. The van der Waals surface area contributed by atoms with Gasteiger partial charge in [0.1, 0.15) is 13.2 Å². The van der Waals surface area contributed by atoms with E-state index < -0.39 is 7.82 Å². The van der Waals surface area contributed by atoms with Crippen LogP contribution in [0.25, 0.3) is 0 Å². The molecule has 2 fully saturated rings. The highest BCUT2D eigenvalue weighted by molar-refractivity contribution is 7.45. The highest BCUT2D eigenvalue weighted by atomic mass is 31.2. The molecule has 5 atom stereocenters. The molecule has 2 bridgehead atoms. The van der Waals surface area contributed by atoms with Crippen LogP contribution in [0.4, 0.5) is 0 Å². The third-order valence-electron chi connectivity index (χ3n) is 7.98. The zero-order valence-electron chi connectivity index (χ0n) is 24.5. The molecular weight excluding hydrogens is 489 g/mol. The Hall–Kier alpha value is -0.0100. The zero-order valence-corrected chi connectivity index (χ0v) is 25.4. The van der Waals surface area contributed by atoms with Crippen molar-refractivity contribution in [3.8, 4) is 0 Å². The van der Waals surface area contributed by atoms with Crippen LogP contribution in [0.5, 0.6) is 0 Å². The summed E-state index contributed by atoms with van der Waals surface area (Å²) in [6.45, 7) is 4.52. The van der Waals surface area contributed by atoms with Crippen molar-refractivity contribution >= 4 is 7.82 Å². The van der Waals surface area contributed by atoms with Gasteiger partial charge in [0, 0.05) is 18.4 Å². The van der Waals surface area contributed by atoms with E-state index in [4.69, 9.17) is 18.5 Å². The van der Waals surface area contributed by atoms with Gasteiger partial charge < -0.3 is 27.9 Å². The number of unbranched alkanes of at least 4 members (excludes halogenated alkanes) is 13. The lowest BCUT2D eigenvalue weighted by Crippen LogP contribution is -2.38. The molecule has 2 aliphatic rings. The molecule has 0 N–H and O–H groups in total.